The van der Waals surface area contributed by atoms with Crippen LogP contribution in [-0.2, 0) is 9.59 Å². The number of likely N-dealkylation sites (tertiary alicyclic amines) is 2. The molecule has 0 radical (unpaired) electrons. The fourth-order valence-corrected chi connectivity index (χ4v) is 7.98. The highest BCUT2D eigenvalue weighted by atomic mass is 32.1. The summed E-state index contributed by atoms with van der Waals surface area (Å²) in [7, 11) is 3.15. The van der Waals surface area contributed by atoms with Crippen LogP contribution in [-0.4, -0.2) is 86.3 Å². The Balaban J connectivity index is 1.15. The highest BCUT2D eigenvalue weighted by molar-refractivity contribution is 7.17. The summed E-state index contributed by atoms with van der Waals surface area (Å²) < 4.78 is 10.7. The molecular weight excluding hydrogens is 576 g/mol. The Labute approximate surface area is 264 Å². The molecule has 5 rings (SSSR count). The zero-order valence-electron chi connectivity index (χ0n) is 25.9. The summed E-state index contributed by atoms with van der Waals surface area (Å²) in [5, 5.41) is 21.0. The predicted octanol–water partition coefficient (Wildman–Crippen LogP) is 5.61. The standard InChI is InChI=1S/C34H44N4O5S/c1-42-30-8-6-25(21-31(30)43-2)26(23-35)20-28-7-9-33(44-28)38-16-10-24(11-17-38)29(34(40)41)22-32(39)37-18-12-27(13-19-37)36-14-4-3-5-15-36/h6-9,20-21,24,27,29H,3-5,10-19,22H2,1-2H3,(H,40,41). The molecule has 1 N–H and O–H groups in total. The summed E-state index contributed by atoms with van der Waals surface area (Å²) in [5.74, 6) is -0.353. The van der Waals surface area contributed by atoms with Gasteiger partial charge in [0.25, 0.3) is 0 Å². The summed E-state index contributed by atoms with van der Waals surface area (Å²) in [6.45, 7) is 5.30. The number of aliphatic carboxylic acids is 1. The number of nitriles is 1. The Morgan fingerprint density at radius 1 is 0.977 bits per heavy atom. The first-order valence-corrected chi connectivity index (χ1v) is 16.7. The van der Waals surface area contributed by atoms with E-state index in [1.807, 2.05) is 23.1 Å². The van der Waals surface area contributed by atoms with Crippen LogP contribution in [0.15, 0.2) is 30.3 Å². The van der Waals surface area contributed by atoms with Crippen molar-refractivity contribution in [2.75, 3.05) is 58.4 Å². The molecule has 236 valence electrons. The molecule has 0 bridgehead atoms. The number of piperidine rings is 3. The number of allylic oxidation sites excluding steroid dienone is 1. The normalized spacial score (nSPS) is 19.8. The van der Waals surface area contributed by atoms with Gasteiger partial charge in [0.1, 0.15) is 0 Å². The van der Waals surface area contributed by atoms with Crippen LogP contribution in [0.2, 0.25) is 0 Å². The zero-order chi connectivity index (χ0) is 31.1. The number of thiophene rings is 1. The van der Waals surface area contributed by atoms with Gasteiger partial charge in [-0.2, -0.15) is 5.26 Å². The van der Waals surface area contributed by atoms with Crippen molar-refractivity contribution < 1.29 is 24.2 Å². The predicted molar refractivity (Wildman–Crippen MR) is 173 cm³/mol. The van der Waals surface area contributed by atoms with Crippen LogP contribution in [0.5, 0.6) is 11.5 Å². The topological polar surface area (TPSA) is 106 Å². The van der Waals surface area contributed by atoms with Crippen LogP contribution in [0.3, 0.4) is 0 Å². The maximum atomic E-state index is 13.2. The van der Waals surface area contributed by atoms with Gasteiger partial charge in [-0.3, -0.25) is 9.59 Å². The molecule has 3 aliphatic rings. The quantitative estimate of drug-likeness (QED) is 0.342. The largest absolute Gasteiger partial charge is 0.493 e. The minimum absolute atomic E-state index is 0.00520. The van der Waals surface area contributed by atoms with Gasteiger partial charge >= 0.3 is 5.97 Å². The first kappa shape index (κ1) is 31.9. The van der Waals surface area contributed by atoms with Crippen LogP contribution < -0.4 is 14.4 Å². The first-order chi connectivity index (χ1) is 21.4. The molecule has 3 fully saturated rings. The SMILES string of the molecule is COc1ccc(C(C#N)=Cc2ccc(N3CCC(C(CC(=O)N4CCC(N5CCCCC5)CC4)C(=O)O)CC3)s2)cc1OC. The second-order valence-electron chi connectivity index (χ2n) is 12.1. The Kier molecular flexibility index (Phi) is 10.8. The number of methoxy groups -OCH3 is 2. The first-order valence-electron chi connectivity index (χ1n) is 15.8. The third-order valence-electron chi connectivity index (χ3n) is 9.57. The number of hydrogen-bond acceptors (Lipinski definition) is 8. The van der Waals surface area contributed by atoms with Crippen molar-refractivity contribution in [1.29, 1.82) is 5.26 Å². The summed E-state index contributed by atoms with van der Waals surface area (Å²) in [6.07, 6.45) is 9.28. The number of rotatable bonds is 10. The van der Waals surface area contributed by atoms with E-state index in [0.29, 0.717) is 23.1 Å². The molecule has 4 heterocycles. The third kappa shape index (κ3) is 7.56. The molecule has 1 aromatic carbocycles. The lowest BCUT2D eigenvalue weighted by molar-refractivity contribution is -0.149. The minimum atomic E-state index is -0.859. The van der Waals surface area contributed by atoms with Crippen molar-refractivity contribution in [3.05, 3.63) is 40.8 Å². The van der Waals surface area contributed by atoms with Crippen LogP contribution >= 0.6 is 11.3 Å². The van der Waals surface area contributed by atoms with Crippen LogP contribution in [0.1, 0.15) is 61.8 Å². The molecule has 10 heteroatoms. The molecule has 1 unspecified atom stereocenters. The van der Waals surface area contributed by atoms with Gasteiger partial charge in [0, 0.05) is 43.5 Å². The zero-order valence-corrected chi connectivity index (χ0v) is 26.7. The van der Waals surface area contributed by atoms with Gasteiger partial charge in [0.15, 0.2) is 11.5 Å². The van der Waals surface area contributed by atoms with E-state index in [1.165, 1.54) is 32.4 Å². The third-order valence-corrected chi connectivity index (χ3v) is 10.7. The van der Waals surface area contributed by atoms with Gasteiger partial charge < -0.3 is 29.3 Å². The smallest absolute Gasteiger partial charge is 0.307 e. The number of nitrogens with zero attached hydrogens (tertiary/aromatic N) is 4. The van der Waals surface area contributed by atoms with E-state index < -0.39 is 11.9 Å². The molecule has 1 amide bonds. The average molecular weight is 621 g/mol. The number of anilines is 1. The van der Waals surface area contributed by atoms with Gasteiger partial charge in [-0.1, -0.05) is 6.42 Å². The molecule has 0 saturated carbocycles. The van der Waals surface area contributed by atoms with Crippen molar-refractivity contribution in [2.45, 2.75) is 57.4 Å². The fraction of sp³-hybridized carbons (Fsp3) is 0.559. The van der Waals surface area contributed by atoms with E-state index >= 15 is 0 Å². The molecule has 3 aliphatic heterocycles. The lowest BCUT2D eigenvalue weighted by atomic mass is 9.82. The van der Waals surface area contributed by atoms with E-state index in [1.54, 1.807) is 37.7 Å². The van der Waals surface area contributed by atoms with Crippen LogP contribution in [0.4, 0.5) is 5.00 Å². The van der Waals surface area contributed by atoms with Gasteiger partial charge in [0.2, 0.25) is 5.91 Å². The monoisotopic (exact) mass is 620 g/mol. The van der Waals surface area contributed by atoms with E-state index in [0.717, 1.165) is 67.3 Å². The summed E-state index contributed by atoms with van der Waals surface area (Å²) in [6, 6.07) is 12.4. The molecule has 2 aromatic rings. The molecule has 0 aliphatic carbocycles. The number of hydrogen-bond donors (Lipinski definition) is 1. The number of carbonyl (C=O) groups excluding carboxylic acids is 1. The van der Waals surface area contributed by atoms with Gasteiger partial charge in [-0.15, -0.1) is 11.3 Å². The summed E-state index contributed by atoms with van der Waals surface area (Å²) in [4.78, 5) is 33.3. The number of carbonyl (C=O) groups is 2. The van der Waals surface area contributed by atoms with E-state index in [2.05, 4.69) is 21.9 Å². The minimum Gasteiger partial charge on any atom is -0.493 e. The molecule has 9 nitrogen and oxygen atoms in total. The number of carboxylic acid groups (broad SMARTS) is 1. The summed E-state index contributed by atoms with van der Waals surface area (Å²) >= 11 is 1.61. The molecular formula is C34H44N4O5S. The molecule has 1 aromatic heterocycles. The number of benzene rings is 1. The highest BCUT2D eigenvalue weighted by Crippen LogP contribution is 2.36. The van der Waals surface area contributed by atoms with Crippen LogP contribution in [0, 0.1) is 23.2 Å². The summed E-state index contributed by atoms with van der Waals surface area (Å²) in [5.41, 5.74) is 1.28. The van der Waals surface area contributed by atoms with Crippen molar-refractivity contribution >= 4 is 39.9 Å². The van der Waals surface area contributed by atoms with Crippen LogP contribution in [0.25, 0.3) is 11.6 Å². The number of ether oxygens (including phenoxy) is 2. The van der Waals surface area contributed by atoms with E-state index in [4.69, 9.17) is 9.47 Å². The Hall–Kier alpha value is -3.55. The van der Waals surface area contributed by atoms with Gasteiger partial charge in [-0.25, -0.2) is 0 Å². The van der Waals surface area contributed by atoms with Crippen molar-refractivity contribution in [3.8, 4) is 17.6 Å². The maximum absolute atomic E-state index is 13.2. The molecule has 1 atom stereocenters. The Morgan fingerprint density at radius 2 is 1.68 bits per heavy atom. The van der Waals surface area contributed by atoms with Crippen molar-refractivity contribution in [3.63, 3.8) is 0 Å². The van der Waals surface area contributed by atoms with Crippen molar-refractivity contribution in [1.82, 2.24) is 9.80 Å². The maximum Gasteiger partial charge on any atom is 0.307 e. The number of carboxylic acids is 1. The lowest BCUT2D eigenvalue weighted by Crippen LogP contribution is -2.49. The second-order valence-corrected chi connectivity index (χ2v) is 13.2. The molecule has 44 heavy (non-hydrogen) atoms. The molecule has 3 saturated heterocycles. The lowest BCUT2D eigenvalue weighted by Gasteiger charge is -2.40. The second kappa shape index (κ2) is 15.0. The van der Waals surface area contributed by atoms with Gasteiger partial charge in [-0.05, 0) is 99.5 Å². The Morgan fingerprint density at radius 3 is 2.32 bits per heavy atom. The van der Waals surface area contributed by atoms with E-state index in [9.17, 15) is 20.0 Å². The molecule has 0 spiro atoms. The average Bonchev–Trinajstić information content (AvgIpc) is 3.54. The van der Waals surface area contributed by atoms with E-state index in [-0.39, 0.29) is 18.2 Å². The fourth-order valence-electron chi connectivity index (χ4n) is 6.97. The number of amides is 1. The Bertz CT molecular complexity index is 1360. The van der Waals surface area contributed by atoms with Crippen molar-refractivity contribution in [2.24, 2.45) is 11.8 Å². The highest BCUT2D eigenvalue weighted by Gasteiger charge is 2.35. The van der Waals surface area contributed by atoms with Gasteiger partial charge in [0.05, 0.1) is 36.8 Å².